The van der Waals surface area contributed by atoms with E-state index in [1.165, 1.54) is 0 Å². The normalized spacial score (nSPS) is 12.9. The van der Waals surface area contributed by atoms with Crippen molar-refractivity contribution in [2.45, 2.75) is 54.0 Å². The summed E-state index contributed by atoms with van der Waals surface area (Å²) < 4.78 is 0. The molecule has 0 bridgehead atoms. The molecule has 0 aromatic carbocycles. The number of rotatable bonds is 3. The molecule has 0 heterocycles. The van der Waals surface area contributed by atoms with Gasteiger partial charge in [0.15, 0.2) is 0 Å². The summed E-state index contributed by atoms with van der Waals surface area (Å²) in [4.78, 5) is 9.77. The molecule has 0 aliphatic carbocycles. The summed E-state index contributed by atoms with van der Waals surface area (Å²) in [5.41, 5.74) is 0.866. The Hall–Kier alpha value is -1.06. The second-order valence-electron chi connectivity index (χ2n) is 5.75. The monoisotopic (exact) mass is 241 g/mol. The van der Waals surface area contributed by atoms with Crippen molar-refractivity contribution in [3.8, 4) is 0 Å². The standard InChI is InChI=1S/C13H27N3O/c1-9(2)11(10(3)4)16-17-12(14-8)15-13(5,6)7/h9-10H,1-8H3,(H,14,15). The lowest BCUT2D eigenvalue weighted by atomic mass is 9.98. The molecule has 0 atom stereocenters. The van der Waals surface area contributed by atoms with Gasteiger partial charge in [0.1, 0.15) is 0 Å². The maximum atomic E-state index is 5.38. The van der Waals surface area contributed by atoms with Gasteiger partial charge in [-0.3, -0.25) is 0 Å². The fourth-order valence-electron chi connectivity index (χ4n) is 1.40. The number of nitrogens with one attached hydrogen (secondary N) is 1. The van der Waals surface area contributed by atoms with Gasteiger partial charge in [-0.25, -0.2) is 4.99 Å². The van der Waals surface area contributed by atoms with Crippen LogP contribution in [0.1, 0.15) is 48.5 Å². The second-order valence-corrected chi connectivity index (χ2v) is 5.75. The molecular formula is C13H27N3O. The van der Waals surface area contributed by atoms with Gasteiger partial charge in [-0.15, -0.1) is 0 Å². The van der Waals surface area contributed by atoms with Crippen molar-refractivity contribution in [3.63, 3.8) is 0 Å². The Labute approximate surface area is 106 Å². The summed E-state index contributed by atoms with van der Waals surface area (Å²) in [5, 5.41) is 7.11. The molecule has 0 aromatic heterocycles. The summed E-state index contributed by atoms with van der Waals surface area (Å²) >= 11 is 0. The first kappa shape index (κ1) is 15.9. The SMILES string of the molecule is CNC(=NC(C)(C)C)ON=C(C(C)C)C(C)C. The summed E-state index contributed by atoms with van der Waals surface area (Å²) in [7, 11) is 1.78. The lowest BCUT2D eigenvalue weighted by Crippen LogP contribution is -2.26. The number of oxime groups is 1. The van der Waals surface area contributed by atoms with Crippen LogP contribution in [0.2, 0.25) is 0 Å². The van der Waals surface area contributed by atoms with Crippen LogP contribution in [-0.4, -0.2) is 24.3 Å². The van der Waals surface area contributed by atoms with Crippen molar-refractivity contribution in [3.05, 3.63) is 0 Å². The zero-order valence-electron chi connectivity index (χ0n) is 12.5. The molecule has 0 amide bonds. The van der Waals surface area contributed by atoms with E-state index >= 15 is 0 Å². The van der Waals surface area contributed by atoms with E-state index < -0.39 is 0 Å². The molecule has 17 heavy (non-hydrogen) atoms. The van der Waals surface area contributed by atoms with E-state index in [4.69, 9.17) is 4.84 Å². The molecule has 0 fully saturated rings. The molecule has 0 aliphatic heterocycles. The average molecular weight is 241 g/mol. The van der Waals surface area contributed by atoms with Crippen LogP contribution in [0.3, 0.4) is 0 Å². The Morgan fingerprint density at radius 2 is 1.53 bits per heavy atom. The van der Waals surface area contributed by atoms with E-state index in [1.807, 2.05) is 20.8 Å². The number of hydrogen-bond acceptors (Lipinski definition) is 3. The summed E-state index contributed by atoms with van der Waals surface area (Å²) in [6.45, 7) is 14.5. The van der Waals surface area contributed by atoms with Crippen molar-refractivity contribution in [1.29, 1.82) is 0 Å². The molecule has 0 saturated heterocycles. The lowest BCUT2D eigenvalue weighted by Gasteiger charge is -2.16. The first-order valence-electron chi connectivity index (χ1n) is 6.19. The highest BCUT2D eigenvalue weighted by Gasteiger charge is 2.13. The fraction of sp³-hybridized carbons (Fsp3) is 0.846. The summed E-state index contributed by atoms with van der Waals surface area (Å²) in [6.07, 6.45) is 0. The molecule has 0 saturated carbocycles. The minimum atomic E-state index is -0.177. The highest BCUT2D eigenvalue weighted by molar-refractivity contribution is 5.88. The van der Waals surface area contributed by atoms with Crippen molar-refractivity contribution >= 4 is 11.7 Å². The van der Waals surface area contributed by atoms with E-state index in [9.17, 15) is 0 Å². The molecule has 0 rings (SSSR count). The Morgan fingerprint density at radius 3 is 1.82 bits per heavy atom. The topological polar surface area (TPSA) is 46.0 Å². The quantitative estimate of drug-likeness (QED) is 0.469. The third-order valence-corrected chi connectivity index (χ3v) is 2.07. The van der Waals surface area contributed by atoms with Crippen LogP contribution in [0.25, 0.3) is 0 Å². The van der Waals surface area contributed by atoms with Gasteiger partial charge in [-0.2, -0.15) is 0 Å². The zero-order chi connectivity index (χ0) is 13.6. The van der Waals surface area contributed by atoms with Gasteiger partial charge in [-0.05, 0) is 32.6 Å². The van der Waals surface area contributed by atoms with Crippen molar-refractivity contribution in [2.75, 3.05) is 7.05 Å². The molecule has 0 spiro atoms. The smallest absolute Gasteiger partial charge is 0.315 e. The predicted octanol–water partition coefficient (Wildman–Crippen LogP) is 3.04. The molecule has 0 unspecified atom stereocenters. The molecule has 0 aliphatic rings. The number of amidine groups is 1. The van der Waals surface area contributed by atoms with Crippen LogP contribution in [0, 0.1) is 11.8 Å². The van der Waals surface area contributed by atoms with E-state index in [0.29, 0.717) is 17.9 Å². The van der Waals surface area contributed by atoms with Crippen LogP contribution in [-0.2, 0) is 4.84 Å². The van der Waals surface area contributed by atoms with Crippen molar-refractivity contribution in [2.24, 2.45) is 22.0 Å². The minimum Gasteiger partial charge on any atom is -0.341 e. The molecule has 100 valence electrons. The van der Waals surface area contributed by atoms with Crippen LogP contribution in [0.5, 0.6) is 0 Å². The number of hydrogen-bond donors (Lipinski definition) is 1. The largest absolute Gasteiger partial charge is 0.341 e. The van der Waals surface area contributed by atoms with Crippen molar-refractivity contribution in [1.82, 2.24) is 5.32 Å². The minimum absolute atomic E-state index is 0.177. The number of nitrogens with zero attached hydrogens (tertiary/aromatic N) is 2. The Bertz CT molecular complexity index is 276. The van der Waals surface area contributed by atoms with Gasteiger partial charge in [-0.1, -0.05) is 32.9 Å². The maximum absolute atomic E-state index is 5.38. The van der Waals surface area contributed by atoms with E-state index in [1.54, 1.807) is 7.05 Å². The number of aliphatic imine (C=N–C) groups is 1. The van der Waals surface area contributed by atoms with Gasteiger partial charge >= 0.3 is 6.02 Å². The van der Waals surface area contributed by atoms with Gasteiger partial charge < -0.3 is 10.2 Å². The van der Waals surface area contributed by atoms with E-state index in [-0.39, 0.29) is 5.54 Å². The Kier molecular flexibility index (Phi) is 6.21. The van der Waals surface area contributed by atoms with Crippen molar-refractivity contribution < 1.29 is 4.84 Å². The molecule has 1 N–H and O–H groups in total. The van der Waals surface area contributed by atoms with Crippen LogP contribution >= 0.6 is 0 Å². The van der Waals surface area contributed by atoms with Gasteiger partial charge in [0.25, 0.3) is 0 Å². The first-order valence-corrected chi connectivity index (χ1v) is 6.19. The summed E-state index contributed by atoms with van der Waals surface area (Å²) in [6, 6.07) is 0.455. The summed E-state index contributed by atoms with van der Waals surface area (Å²) in [5.74, 6) is 0.755. The molecule has 0 aromatic rings. The predicted molar refractivity (Wildman–Crippen MR) is 74.4 cm³/mol. The Morgan fingerprint density at radius 1 is 1.06 bits per heavy atom. The molecule has 0 radical (unpaired) electrons. The highest BCUT2D eigenvalue weighted by atomic mass is 16.6. The van der Waals surface area contributed by atoms with Gasteiger partial charge in [0.05, 0.1) is 11.3 Å². The van der Waals surface area contributed by atoms with Gasteiger partial charge in [0, 0.05) is 7.05 Å². The van der Waals surface area contributed by atoms with E-state index in [0.717, 1.165) is 5.71 Å². The van der Waals surface area contributed by atoms with Gasteiger partial charge in [0.2, 0.25) is 0 Å². The van der Waals surface area contributed by atoms with Crippen LogP contribution in [0.15, 0.2) is 10.1 Å². The zero-order valence-corrected chi connectivity index (χ0v) is 12.5. The lowest BCUT2D eigenvalue weighted by molar-refractivity contribution is 0.300. The maximum Gasteiger partial charge on any atom is 0.315 e. The van der Waals surface area contributed by atoms with Crippen LogP contribution in [0.4, 0.5) is 0 Å². The average Bonchev–Trinajstić information content (AvgIpc) is 2.13. The molecule has 4 nitrogen and oxygen atoms in total. The third kappa shape index (κ3) is 6.97. The fourth-order valence-corrected chi connectivity index (χ4v) is 1.40. The van der Waals surface area contributed by atoms with E-state index in [2.05, 4.69) is 43.2 Å². The molecule has 4 heteroatoms. The third-order valence-electron chi connectivity index (χ3n) is 2.07. The highest BCUT2D eigenvalue weighted by Crippen LogP contribution is 2.10. The second kappa shape index (κ2) is 6.62. The molecular weight excluding hydrogens is 214 g/mol. The first-order chi connectivity index (χ1) is 7.67. The Balaban J connectivity index is 4.81. The van der Waals surface area contributed by atoms with Crippen LogP contribution < -0.4 is 5.32 Å².